The van der Waals surface area contributed by atoms with Gasteiger partial charge in [-0.15, -0.1) is 0 Å². The first-order chi connectivity index (χ1) is 15.0. The van der Waals surface area contributed by atoms with E-state index in [1.807, 2.05) is 14.1 Å². The van der Waals surface area contributed by atoms with Gasteiger partial charge < -0.3 is 20.9 Å². The predicted octanol–water partition coefficient (Wildman–Crippen LogP) is 3.68. The van der Waals surface area contributed by atoms with Gasteiger partial charge in [0.25, 0.3) is 0 Å². The van der Waals surface area contributed by atoms with E-state index in [0.717, 1.165) is 72.7 Å². The van der Waals surface area contributed by atoms with E-state index < -0.39 is 0 Å². The zero-order chi connectivity index (χ0) is 21.5. The number of carbonyl (C=O) groups excluding carboxylic acids is 1. The lowest BCUT2D eigenvalue weighted by molar-refractivity contribution is -0.116. The second-order valence-corrected chi connectivity index (χ2v) is 8.93. The number of allylic oxidation sites excluding steroid dienone is 2. The van der Waals surface area contributed by atoms with Crippen LogP contribution in [-0.4, -0.2) is 42.9 Å². The van der Waals surface area contributed by atoms with Crippen LogP contribution in [0.2, 0.25) is 0 Å². The summed E-state index contributed by atoms with van der Waals surface area (Å²) in [6, 6.07) is 8.37. The highest BCUT2D eigenvalue weighted by Crippen LogP contribution is 2.47. The Morgan fingerprint density at radius 3 is 2.48 bits per heavy atom. The Hall–Kier alpha value is -3.09. The Bertz CT molecular complexity index is 1040. The lowest BCUT2D eigenvalue weighted by Crippen LogP contribution is -2.33. The number of hydrogen-bond acceptors (Lipinski definition) is 7. The molecule has 0 radical (unpaired) electrons. The third kappa shape index (κ3) is 3.52. The Kier molecular flexibility index (Phi) is 5.04. The van der Waals surface area contributed by atoms with E-state index in [-0.39, 0.29) is 11.7 Å². The maximum Gasteiger partial charge on any atom is 0.229 e. The fourth-order valence-corrected chi connectivity index (χ4v) is 5.00. The van der Waals surface area contributed by atoms with Crippen molar-refractivity contribution in [3.8, 4) is 0 Å². The second kappa shape index (κ2) is 7.87. The molecule has 0 spiro atoms. The summed E-state index contributed by atoms with van der Waals surface area (Å²) in [5, 5.41) is 3.47. The summed E-state index contributed by atoms with van der Waals surface area (Å²) in [7, 11) is 4.04. The van der Waals surface area contributed by atoms with E-state index >= 15 is 0 Å². The molecule has 0 unspecified atom stereocenters. The normalized spacial score (nSPS) is 20.8. The number of ketones is 1. The minimum absolute atomic E-state index is 0.195. The molecule has 1 atom stereocenters. The fourth-order valence-electron chi connectivity index (χ4n) is 5.00. The summed E-state index contributed by atoms with van der Waals surface area (Å²) < 4.78 is 0. The quantitative estimate of drug-likeness (QED) is 0.786. The molecule has 1 saturated heterocycles. The van der Waals surface area contributed by atoms with Crippen molar-refractivity contribution in [1.82, 2.24) is 9.97 Å². The molecule has 3 aliphatic rings. The molecule has 3 heterocycles. The molecule has 3 N–H and O–H groups in total. The molecular weight excluding hydrogens is 388 g/mol. The molecule has 0 amide bonds. The van der Waals surface area contributed by atoms with E-state index in [2.05, 4.69) is 39.4 Å². The van der Waals surface area contributed by atoms with Crippen molar-refractivity contribution < 1.29 is 4.79 Å². The molecule has 2 aliphatic heterocycles. The summed E-state index contributed by atoms with van der Waals surface area (Å²) in [6.07, 6.45) is 5.85. The summed E-state index contributed by atoms with van der Waals surface area (Å²) in [6.45, 7) is 1.92. The summed E-state index contributed by atoms with van der Waals surface area (Å²) >= 11 is 0. The van der Waals surface area contributed by atoms with E-state index in [1.54, 1.807) is 0 Å². The van der Waals surface area contributed by atoms with Crippen molar-refractivity contribution in [2.24, 2.45) is 0 Å². The third-order valence-electron chi connectivity index (χ3n) is 6.65. The lowest BCUT2D eigenvalue weighted by atomic mass is 9.76. The van der Waals surface area contributed by atoms with Gasteiger partial charge in [0.2, 0.25) is 5.95 Å². The minimum atomic E-state index is -0.231. The topological polar surface area (TPSA) is 87.4 Å². The largest absolute Gasteiger partial charge is 0.383 e. The van der Waals surface area contributed by atoms with Gasteiger partial charge in [-0.25, -0.2) is 0 Å². The number of rotatable bonds is 3. The fraction of sp³-hybridized carbons (Fsp3) is 0.458. The van der Waals surface area contributed by atoms with E-state index in [9.17, 15) is 4.79 Å². The molecule has 1 aromatic heterocycles. The summed E-state index contributed by atoms with van der Waals surface area (Å²) in [4.78, 5) is 26.9. The second-order valence-electron chi connectivity index (χ2n) is 8.93. The van der Waals surface area contributed by atoms with Crippen molar-refractivity contribution in [3.63, 3.8) is 0 Å². The van der Waals surface area contributed by atoms with Crippen LogP contribution < -0.4 is 20.9 Å². The number of nitrogen functional groups attached to an aromatic ring is 1. The summed E-state index contributed by atoms with van der Waals surface area (Å²) in [5.74, 6) is 1.87. The van der Waals surface area contributed by atoms with Crippen LogP contribution in [-0.2, 0) is 4.79 Å². The van der Waals surface area contributed by atoms with E-state index in [4.69, 9.17) is 15.7 Å². The van der Waals surface area contributed by atoms with Gasteiger partial charge in [0.15, 0.2) is 5.78 Å². The Morgan fingerprint density at radius 2 is 1.77 bits per heavy atom. The van der Waals surface area contributed by atoms with Crippen molar-refractivity contribution in [2.45, 2.75) is 44.4 Å². The number of nitrogens with one attached hydrogen (secondary N) is 1. The van der Waals surface area contributed by atoms with Gasteiger partial charge in [-0.3, -0.25) is 4.79 Å². The Morgan fingerprint density at radius 1 is 1.03 bits per heavy atom. The van der Waals surface area contributed by atoms with Crippen LogP contribution in [0.4, 0.5) is 23.3 Å². The predicted molar refractivity (Wildman–Crippen MR) is 125 cm³/mol. The average Bonchev–Trinajstić information content (AvgIpc) is 2.78. The number of Topliss-reactive ketones (excluding diaryl/α,β-unsaturated/α-hetero) is 1. The standard InChI is InChI=1S/C24H30N6O/c1-29(2)16-11-9-15(10-12-16)19-20-17(7-6-8-18(20)31)26-23-21(19)22(25)27-24(28-23)30-13-4-3-5-14-30/h9-12,19H,3-8,13-14H2,1-2H3,(H3,25,26,27,28)/t19-/m0/s1. The minimum Gasteiger partial charge on any atom is -0.383 e. The van der Waals surface area contributed by atoms with Gasteiger partial charge >= 0.3 is 0 Å². The van der Waals surface area contributed by atoms with Gasteiger partial charge in [0.05, 0.1) is 0 Å². The number of carbonyl (C=O) groups is 1. The van der Waals surface area contributed by atoms with Gasteiger partial charge in [-0.1, -0.05) is 12.1 Å². The molecule has 1 aromatic carbocycles. The number of benzene rings is 1. The first-order valence-electron chi connectivity index (χ1n) is 11.3. The molecule has 0 saturated carbocycles. The molecular formula is C24H30N6O. The van der Waals surface area contributed by atoms with Crippen molar-refractivity contribution in [1.29, 1.82) is 0 Å². The lowest BCUT2D eigenvalue weighted by Gasteiger charge is -2.35. The Balaban J connectivity index is 1.63. The monoisotopic (exact) mass is 418 g/mol. The number of hydrogen-bond donors (Lipinski definition) is 2. The van der Waals surface area contributed by atoms with Crippen LogP contribution in [0.5, 0.6) is 0 Å². The molecule has 162 valence electrons. The first-order valence-corrected chi connectivity index (χ1v) is 11.3. The molecule has 2 aromatic rings. The van der Waals surface area contributed by atoms with Crippen LogP contribution >= 0.6 is 0 Å². The van der Waals surface area contributed by atoms with Gasteiger partial charge in [-0.05, 0) is 49.8 Å². The maximum absolute atomic E-state index is 13.0. The molecule has 5 rings (SSSR count). The molecule has 7 heteroatoms. The first kappa shape index (κ1) is 19.8. The third-order valence-corrected chi connectivity index (χ3v) is 6.65. The summed E-state index contributed by atoms with van der Waals surface area (Å²) in [5.41, 5.74) is 11.4. The van der Waals surface area contributed by atoms with Crippen LogP contribution in [0.1, 0.15) is 55.6 Å². The Labute approximate surface area is 183 Å². The zero-order valence-electron chi connectivity index (χ0n) is 18.3. The molecule has 0 bridgehead atoms. The number of anilines is 4. The van der Waals surface area contributed by atoms with Gasteiger partial charge in [-0.2, -0.15) is 9.97 Å². The number of aromatic nitrogens is 2. The van der Waals surface area contributed by atoms with Crippen LogP contribution in [0.25, 0.3) is 0 Å². The molecule has 1 aliphatic carbocycles. The highest BCUT2D eigenvalue weighted by Gasteiger charge is 2.38. The van der Waals surface area contributed by atoms with Gasteiger partial charge in [0, 0.05) is 62.0 Å². The van der Waals surface area contributed by atoms with Crippen LogP contribution in [0.3, 0.4) is 0 Å². The number of nitrogens with two attached hydrogens (primary N) is 1. The number of nitrogens with zero attached hydrogens (tertiary/aromatic N) is 4. The van der Waals surface area contributed by atoms with E-state index in [1.165, 1.54) is 6.42 Å². The zero-order valence-corrected chi connectivity index (χ0v) is 18.3. The van der Waals surface area contributed by atoms with Gasteiger partial charge in [0.1, 0.15) is 11.6 Å². The molecule has 7 nitrogen and oxygen atoms in total. The average molecular weight is 419 g/mol. The van der Waals surface area contributed by atoms with Crippen LogP contribution in [0, 0.1) is 0 Å². The van der Waals surface area contributed by atoms with Crippen molar-refractivity contribution in [2.75, 3.05) is 48.0 Å². The SMILES string of the molecule is CN(C)c1ccc([C@H]2C3=C(CCCC3=O)Nc3nc(N4CCCCC4)nc(N)c32)cc1. The molecule has 1 fully saturated rings. The molecule has 31 heavy (non-hydrogen) atoms. The van der Waals surface area contributed by atoms with Crippen molar-refractivity contribution in [3.05, 3.63) is 46.7 Å². The van der Waals surface area contributed by atoms with Crippen molar-refractivity contribution >= 4 is 29.1 Å². The number of piperidine rings is 1. The highest BCUT2D eigenvalue weighted by atomic mass is 16.1. The highest BCUT2D eigenvalue weighted by molar-refractivity contribution is 6.01. The van der Waals surface area contributed by atoms with Crippen LogP contribution in [0.15, 0.2) is 35.5 Å². The smallest absolute Gasteiger partial charge is 0.229 e. The number of fused-ring (bicyclic) bond motifs is 1. The maximum atomic E-state index is 13.0. The van der Waals surface area contributed by atoms with E-state index in [0.29, 0.717) is 18.2 Å².